The molecule has 1 fully saturated rings. The van der Waals surface area contributed by atoms with Gasteiger partial charge >= 0.3 is 0 Å². The molecule has 0 heterocycles. The van der Waals surface area contributed by atoms with Crippen LogP contribution in [-0.4, -0.2) is 17.3 Å². The average Bonchev–Trinajstić information content (AvgIpc) is 2.37. The van der Waals surface area contributed by atoms with Gasteiger partial charge in [0.25, 0.3) is 0 Å². The van der Waals surface area contributed by atoms with Crippen LogP contribution in [0.15, 0.2) is 12.1 Å². The predicted molar refractivity (Wildman–Crippen MR) is 89.6 cm³/mol. The Balaban J connectivity index is 1.90. The summed E-state index contributed by atoms with van der Waals surface area (Å²) in [6, 6.07) is 4.48. The molecule has 0 saturated heterocycles. The normalized spacial score (nSPS) is 20.5. The Kier molecular flexibility index (Phi) is 4.79. The third kappa shape index (κ3) is 4.31. The number of hydrogen-bond donors (Lipinski definition) is 2. The van der Waals surface area contributed by atoms with E-state index in [0.717, 1.165) is 32.2 Å². The summed E-state index contributed by atoms with van der Waals surface area (Å²) in [6.45, 7) is 12.7. The SMILES string of the molecule is Cc1cc(C)c(CNCC2(O)CCC(C)(C)CC2)c(C)c1. The third-order valence-corrected chi connectivity index (χ3v) is 5.13. The molecule has 21 heavy (non-hydrogen) atoms. The van der Waals surface area contributed by atoms with Crippen molar-refractivity contribution < 1.29 is 5.11 Å². The van der Waals surface area contributed by atoms with Crippen LogP contribution in [0.3, 0.4) is 0 Å². The van der Waals surface area contributed by atoms with Gasteiger partial charge in [-0.15, -0.1) is 0 Å². The Morgan fingerprint density at radius 1 is 1.00 bits per heavy atom. The van der Waals surface area contributed by atoms with E-state index in [0.29, 0.717) is 12.0 Å². The van der Waals surface area contributed by atoms with E-state index in [1.165, 1.54) is 22.3 Å². The minimum Gasteiger partial charge on any atom is -0.389 e. The van der Waals surface area contributed by atoms with Crippen molar-refractivity contribution >= 4 is 0 Å². The second kappa shape index (κ2) is 6.10. The summed E-state index contributed by atoms with van der Waals surface area (Å²) >= 11 is 0. The number of aryl methyl sites for hydroxylation is 3. The highest BCUT2D eigenvalue weighted by atomic mass is 16.3. The highest BCUT2D eigenvalue weighted by molar-refractivity contribution is 5.37. The second-order valence-corrected chi connectivity index (χ2v) is 7.87. The molecule has 0 aromatic heterocycles. The van der Waals surface area contributed by atoms with E-state index >= 15 is 0 Å². The molecule has 1 aromatic carbocycles. The lowest BCUT2D eigenvalue weighted by molar-refractivity contribution is -0.0245. The number of hydrogen-bond acceptors (Lipinski definition) is 2. The smallest absolute Gasteiger partial charge is 0.0772 e. The first-order valence-corrected chi connectivity index (χ1v) is 8.21. The summed E-state index contributed by atoms with van der Waals surface area (Å²) in [4.78, 5) is 0. The first-order valence-electron chi connectivity index (χ1n) is 8.21. The molecule has 0 spiro atoms. The lowest BCUT2D eigenvalue weighted by atomic mass is 9.71. The zero-order valence-electron chi connectivity index (χ0n) is 14.3. The fourth-order valence-electron chi connectivity index (χ4n) is 3.48. The molecule has 2 N–H and O–H groups in total. The maximum absolute atomic E-state index is 10.7. The molecule has 0 atom stereocenters. The molecule has 2 heteroatoms. The Morgan fingerprint density at radius 2 is 1.52 bits per heavy atom. The predicted octanol–water partition coefficient (Wildman–Crippen LogP) is 4.03. The fraction of sp³-hybridized carbons (Fsp3) is 0.684. The number of rotatable bonds is 4. The minimum absolute atomic E-state index is 0.399. The molecule has 0 unspecified atom stereocenters. The summed E-state index contributed by atoms with van der Waals surface area (Å²) < 4.78 is 0. The number of benzene rings is 1. The number of aliphatic hydroxyl groups is 1. The van der Waals surface area contributed by atoms with Crippen molar-refractivity contribution in [3.8, 4) is 0 Å². The van der Waals surface area contributed by atoms with Crippen LogP contribution in [-0.2, 0) is 6.54 Å². The summed E-state index contributed by atoms with van der Waals surface area (Å²) in [7, 11) is 0. The lowest BCUT2D eigenvalue weighted by Crippen LogP contribution is -2.44. The molecule has 1 aliphatic rings. The van der Waals surface area contributed by atoms with Gasteiger partial charge in [-0.05, 0) is 68.6 Å². The Bertz CT molecular complexity index is 471. The lowest BCUT2D eigenvalue weighted by Gasteiger charge is -2.40. The van der Waals surface area contributed by atoms with E-state index < -0.39 is 5.60 Å². The van der Waals surface area contributed by atoms with E-state index in [1.54, 1.807) is 0 Å². The van der Waals surface area contributed by atoms with Gasteiger partial charge in [0.15, 0.2) is 0 Å². The quantitative estimate of drug-likeness (QED) is 0.877. The van der Waals surface area contributed by atoms with Crippen molar-refractivity contribution in [1.82, 2.24) is 5.32 Å². The van der Waals surface area contributed by atoms with Gasteiger partial charge in [0, 0.05) is 13.1 Å². The van der Waals surface area contributed by atoms with Crippen molar-refractivity contribution in [2.75, 3.05) is 6.54 Å². The van der Waals surface area contributed by atoms with Gasteiger partial charge in [0.05, 0.1) is 5.60 Å². The minimum atomic E-state index is -0.512. The molecule has 0 bridgehead atoms. The standard InChI is InChI=1S/C19H31NO/c1-14-10-15(2)17(16(3)11-14)12-20-13-19(21)8-6-18(4,5)7-9-19/h10-11,20-21H,6-9,12-13H2,1-5H3. The van der Waals surface area contributed by atoms with E-state index in [1.807, 2.05) is 0 Å². The molecular weight excluding hydrogens is 258 g/mol. The Morgan fingerprint density at radius 3 is 2.05 bits per heavy atom. The van der Waals surface area contributed by atoms with Gasteiger partial charge in [0.1, 0.15) is 0 Å². The van der Waals surface area contributed by atoms with Gasteiger partial charge in [-0.25, -0.2) is 0 Å². The summed E-state index contributed by atoms with van der Waals surface area (Å²) in [5.74, 6) is 0. The van der Waals surface area contributed by atoms with Gasteiger partial charge < -0.3 is 10.4 Å². The van der Waals surface area contributed by atoms with Crippen LogP contribution in [0.5, 0.6) is 0 Å². The first-order chi connectivity index (χ1) is 9.71. The van der Waals surface area contributed by atoms with Crippen molar-refractivity contribution in [3.63, 3.8) is 0 Å². The van der Waals surface area contributed by atoms with E-state index in [4.69, 9.17) is 0 Å². The maximum Gasteiger partial charge on any atom is 0.0772 e. The van der Waals surface area contributed by atoms with E-state index in [-0.39, 0.29) is 0 Å². The Hall–Kier alpha value is -0.860. The van der Waals surface area contributed by atoms with Crippen molar-refractivity contribution in [3.05, 3.63) is 34.4 Å². The van der Waals surface area contributed by atoms with Gasteiger partial charge in [-0.3, -0.25) is 0 Å². The van der Waals surface area contributed by atoms with Crippen LogP contribution in [0, 0.1) is 26.2 Å². The molecule has 0 amide bonds. The molecule has 0 radical (unpaired) electrons. The molecule has 118 valence electrons. The summed E-state index contributed by atoms with van der Waals surface area (Å²) in [6.07, 6.45) is 4.07. The number of nitrogens with one attached hydrogen (secondary N) is 1. The zero-order chi connectivity index (χ0) is 15.7. The second-order valence-electron chi connectivity index (χ2n) is 7.87. The molecule has 1 aromatic rings. The van der Waals surface area contributed by atoms with Crippen molar-refractivity contribution in [2.24, 2.45) is 5.41 Å². The first kappa shape index (κ1) is 16.5. The molecule has 0 aliphatic heterocycles. The molecule has 2 rings (SSSR count). The molecule has 1 aliphatic carbocycles. The third-order valence-electron chi connectivity index (χ3n) is 5.13. The van der Waals surface area contributed by atoms with Gasteiger partial charge in [0.2, 0.25) is 0 Å². The zero-order valence-corrected chi connectivity index (χ0v) is 14.3. The summed E-state index contributed by atoms with van der Waals surface area (Å²) in [5.41, 5.74) is 5.27. The summed E-state index contributed by atoms with van der Waals surface area (Å²) in [5, 5.41) is 14.2. The van der Waals surface area contributed by atoms with Crippen molar-refractivity contribution in [2.45, 2.75) is 72.4 Å². The molecular formula is C19H31NO. The highest BCUT2D eigenvalue weighted by Crippen LogP contribution is 2.39. The highest BCUT2D eigenvalue weighted by Gasteiger charge is 2.36. The van der Waals surface area contributed by atoms with Gasteiger partial charge in [-0.2, -0.15) is 0 Å². The Labute approximate surface area is 130 Å². The van der Waals surface area contributed by atoms with Crippen LogP contribution in [0.4, 0.5) is 0 Å². The maximum atomic E-state index is 10.7. The van der Waals surface area contributed by atoms with E-state index in [9.17, 15) is 5.11 Å². The largest absolute Gasteiger partial charge is 0.389 e. The van der Waals surface area contributed by atoms with Crippen LogP contribution < -0.4 is 5.32 Å². The van der Waals surface area contributed by atoms with E-state index in [2.05, 4.69) is 52.1 Å². The van der Waals surface area contributed by atoms with Crippen LogP contribution >= 0.6 is 0 Å². The monoisotopic (exact) mass is 289 g/mol. The topological polar surface area (TPSA) is 32.3 Å². The molecule has 1 saturated carbocycles. The fourth-order valence-corrected chi connectivity index (χ4v) is 3.48. The average molecular weight is 289 g/mol. The van der Waals surface area contributed by atoms with Crippen LogP contribution in [0.25, 0.3) is 0 Å². The van der Waals surface area contributed by atoms with Gasteiger partial charge in [-0.1, -0.05) is 31.5 Å². The van der Waals surface area contributed by atoms with Crippen LogP contribution in [0.1, 0.15) is 61.8 Å². The molecule has 2 nitrogen and oxygen atoms in total. The van der Waals surface area contributed by atoms with Crippen molar-refractivity contribution in [1.29, 1.82) is 0 Å². The van der Waals surface area contributed by atoms with Crippen LogP contribution in [0.2, 0.25) is 0 Å².